The predicted molar refractivity (Wildman–Crippen MR) is 250 cm³/mol. The zero-order valence-corrected chi connectivity index (χ0v) is 38.3. The molecule has 0 heterocycles. The van der Waals surface area contributed by atoms with Crippen molar-refractivity contribution in [3.8, 4) is 0 Å². The van der Waals surface area contributed by atoms with Gasteiger partial charge in [-0.1, -0.05) is 197 Å². The Bertz CT molecular complexity index is 988. The van der Waals surface area contributed by atoms with Gasteiger partial charge in [-0.2, -0.15) is 0 Å². The summed E-state index contributed by atoms with van der Waals surface area (Å²) in [5.74, 6) is -0.108. The average molecular weight is 814 g/mol. The maximum Gasteiger partial charge on any atom is 0.305 e. The maximum atomic E-state index is 12.4. The molecule has 0 aliphatic carbocycles. The fourth-order valence-electron chi connectivity index (χ4n) is 7.19. The normalized spacial score (nSPS) is 13.1. The fourth-order valence-corrected chi connectivity index (χ4v) is 7.19. The third-order valence-electron chi connectivity index (χ3n) is 11.0. The van der Waals surface area contributed by atoms with Crippen molar-refractivity contribution in [3.05, 3.63) is 48.6 Å². The Balaban J connectivity index is 3.52. The molecule has 0 saturated carbocycles. The molecule has 0 spiro atoms. The van der Waals surface area contributed by atoms with Crippen molar-refractivity contribution in [2.75, 3.05) is 13.2 Å². The highest BCUT2D eigenvalue weighted by Gasteiger charge is 2.18. The summed E-state index contributed by atoms with van der Waals surface area (Å²) < 4.78 is 5.44. The lowest BCUT2D eigenvalue weighted by Gasteiger charge is -2.20. The Kier molecular flexibility index (Phi) is 45.7. The van der Waals surface area contributed by atoms with Gasteiger partial charge in [-0.25, -0.2) is 0 Å². The van der Waals surface area contributed by atoms with E-state index in [-0.39, 0.29) is 18.5 Å². The third-order valence-corrected chi connectivity index (χ3v) is 11.0. The summed E-state index contributed by atoms with van der Waals surface area (Å²) in [7, 11) is 0. The minimum Gasteiger partial charge on any atom is -0.466 e. The van der Waals surface area contributed by atoms with Gasteiger partial charge in [0, 0.05) is 12.8 Å². The van der Waals surface area contributed by atoms with E-state index in [1.54, 1.807) is 6.08 Å². The summed E-state index contributed by atoms with van der Waals surface area (Å²) in [6, 6.07) is -0.640. The molecule has 338 valence electrons. The van der Waals surface area contributed by atoms with Crippen LogP contribution in [0.1, 0.15) is 245 Å². The quantitative estimate of drug-likeness (QED) is 0.0323. The average Bonchev–Trinajstić information content (AvgIpc) is 3.22. The maximum absolute atomic E-state index is 12.4. The smallest absolute Gasteiger partial charge is 0.305 e. The molecule has 0 bridgehead atoms. The van der Waals surface area contributed by atoms with Gasteiger partial charge in [-0.05, 0) is 83.5 Å². The molecule has 0 saturated heterocycles. The number of rotatable bonds is 45. The van der Waals surface area contributed by atoms with Gasteiger partial charge in [0.1, 0.15) is 0 Å². The number of esters is 1. The summed E-state index contributed by atoms with van der Waals surface area (Å²) in [6.07, 6.45) is 58.2. The first-order valence-electron chi connectivity index (χ1n) is 24.9. The van der Waals surface area contributed by atoms with Crippen LogP contribution in [0.25, 0.3) is 0 Å². The van der Waals surface area contributed by atoms with Crippen molar-refractivity contribution >= 4 is 11.9 Å². The van der Waals surface area contributed by atoms with Crippen LogP contribution >= 0.6 is 0 Å². The van der Waals surface area contributed by atoms with Crippen molar-refractivity contribution in [1.29, 1.82) is 0 Å². The number of aliphatic hydroxyl groups excluding tert-OH is 2. The lowest BCUT2D eigenvalue weighted by molar-refractivity contribution is -0.143. The zero-order valence-electron chi connectivity index (χ0n) is 38.3. The van der Waals surface area contributed by atoms with Gasteiger partial charge in [0.25, 0.3) is 0 Å². The number of carbonyl (C=O) groups is 2. The Hall–Kier alpha value is -2.18. The molecule has 2 atom stereocenters. The SMILES string of the molecule is CCC/C=C\C/C=C\CCCCCCCC(=O)OCCCCCCCCC/C=C\CCCCCCCC(=O)NC(CO)C(O)/C=C/CCCCCCCCCCCC. The number of nitrogens with one attached hydrogen (secondary N) is 1. The molecule has 58 heavy (non-hydrogen) atoms. The van der Waals surface area contributed by atoms with Crippen molar-refractivity contribution in [2.24, 2.45) is 0 Å². The molecule has 0 aromatic rings. The minimum atomic E-state index is -0.854. The van der Waals surface area contributed by atoms with E-state index in [1.807, 2.05) is 6.08 Å². The number of hydrogen-bond donors (Lipinski definition) is 3. The summed E-state index contributed by atoms with van der Waals surface area (Å²) in [6.45, 7) is 4.78. The van der Waals surface area contributed by atoms with Crippen molar-refractivity contribution in [2.45, 2.75) is 257 Å². The van der Waals surface area contributed by atoms with Gasteiger partial charge >= 0.3 is 5.97 Å². The van der Waals surface area contributed by atoms with E-state index in [0.29, 0.717) is 19.4 Å². The van der Waals surface area contributed by atoms with E-state index < -0.39 is 12.1 Å². The monoisotopic (exact) mass is 814 g/mol. The van der Waals surface area contributed by atoms with Gasteiger partial charge in [-0.3, -0.25) is 9.59 Å². The van der Waals surface area contributed by atoms with Gasteiger partial charge < -0.3 is 20.3 Å². The van der Waals surface area contributed by atoms with E-state index >= 15 is 0 Å². The second-order valence-corrected chi connectivity index (χ2v) is 16.8. The molecule has 6 heteroatoms. The molecular formula is C52H95NO5. The predicted octanol–water partition coefficient (Wildman–Crippen LogP) is 14.7. The van der Waals surface area contributed by atoms with Crippen LogP contribution in [-0.4, -0.2) is 47.4 Å². The summed E-state index contributed by atoms with van der Waals surface area (Å²) in [5, 5.41) is 23.0. The molecule has 0 aromatic heterocycles. The van der Waals surface area contributed by atoms with Crippen molar-refractivity contribution in [1.82, 2.24) is 5.32 Å². The molecule has 2 unspecified atom stereocenters. The largest absolute Gasteiger partial charge is 0.466 e. The van der Waals surface area contributed by atoms with Crippen LogP contribution in [0.2, 0.25) is 0 Å². The second-order valence-electron chi connectivity index (χ2n) is 16.8. The first-order chi connectivity index (χ1) is 28.5. The van der Waals surface area contributed by atoms with E-state index in [4.69, 9.17) is 4.74 Å². The second kappa shape index (κ2) is 47.5. The Morgan fingerprint density at radius 2 is 0.897 bits per heavy atom. The molecule has 0 aromatic carbocycles. The Morgan fingerprint density at radius 3 is 1.40 bits per heavy atom. The van der Waals surface area contributed by atoms with E-state index in [1.165, 1.54) is 141 Å². The fraction of sp³-hybridized carbons (Fsp3) is 0.808. The molecule has 6 nitrogen and oxygen atoms in total. The van der Waals surface area contributed by atoms with Crippen molar-refractivity contribution < 1.29 is 24.5 Å². The topological polar surface area (TPSA) is 95.9 Å². The summed E-state index contributed by atoms with van der Waals surface area (Å²) >= 11 is 0. The molecule has 0 rings (SSSR count). The molecule has 1 amide bonds. The van der Waals surface area contributed by atoms with Crippen LogP contribution in [-0.2, 0) is 14.3 Å². The van der Waals surface area contributed by atoms with E-state index in [9.17, 15) is 19.8 Å². The number of aliphatic hydroxyl groups is 2. The van der Waals surface area contributed by atoms with Gasteiger partial charge in [0.05, 0.1) is 25.4 Å². The highest BCUT2D eigenvalue weighted by atomic mass is 16.5. The lowest BCUT2D eigenvalue weighted by atomic mass is 10.1. The molecular weight excluding hydrogens is 719 g/mol. The van der Waals surface area contributed by atoms with Gasteiger partial charge in [-0.15, -0.1) is 0 Å². The number of carbonyl (C=O) groups excluding carboxylic acids is 2. The number of allylic oxidation sites excluding steroid dienone is 7. The van der Waals surface area contributed by atoms with Gasteiger partial charge in [0.15, 0.2) is 0 Å². The standard InChI is InChI=1S/C52H95NO5/c1-3-5-7-9-11-13-15-21-26-30-34-38-42-46-52(57)58-47-43-39-35-31-27-23-20-18-17-19-22-25-29-33-37-41-45-51(56)53-49(48-54)50(55)44-40-36-32-28-24-16-14-12-10-8-6-4-2/h7,9,13,15,17,19,40,44,49-50,54-55H,3-6,8,10-12,14,16,18,20-39,41-43,45-48H2,1-2H3,(H,53,56)/b9-7-,15-13-,19-17-,44-40+. The van der Waals surface area contributed by atoms with Crippen molar-refractivity contribution in [3.63, 3.8) is 0 Å². The highest BCUT2D eigenvalue weighted by Crippen LogP contribution is 2.14. The Morgan fingerprint density at radius 1 is 0.483 bits per heavy atom. The summed E-state index contributed by atoms with van der Waals surface area (Å²) in [5.41, 5.74) is 0. The molecule has 0 fully saturated rings. The van der Waals surface area contributed by atoms with Crippen LogP contribution in [0.4, 0.5) is 0 Å². The van der Waals surface area contributed by atoms with Crippen LogP contribution in [0.15, 0.2) is 48.6 Å². The van der Waals surface area contributed by atoms with Crippen LogP contribution in [0.5, 0.6) is 0 Å². The number of amides is 1. The molecule has 3 N–H and O–H groups in total. The lowest BCUT2D eigenvalue weighted by Crippen LogP contribution is -2.45. The summed E-state index contributed by atoms with van der Waals surface area (Å²) in [4.78, 5) is 24.4. The molecule has 0 aliphatic rings. The Labute approximate surface area is 359 Å². The number of unbranched alkanes of at least 4 members (excludes halogenated alkanes) is 28. The first kappa shape index (κ1) is 55.8. The van der Waals surface area contributed by atoms with Gasteiger partial charge in [0.2, 0.25) is 5.91 Å². The zero-order chi connectivity index (χ0) is 42.3. The molecule has 0 aliphatic heterocycles. The minimum absolute atomic E-state index is 0.0204. The van der Waals surface area contributed by atoms with Crippen LogP contribution in [0, 0.1) is 0 Å². The number of hydrogen-bond acceptors (Lipinski definition) is 5. The van der Waals surface area contributed by atoms with Crippen LogP contribution < -0.4 is 5.32 Å². The molecule has 0 radical (unpaired) electrons. The first-order valence-corrected chi connectivity index (χ1v) is 24.9. The van der Waals surface area contributed by atoms with E-state index in [2.05, 4.69) is 55.6 Å². The van der Waals surface area contributed by atoms with E-state index in [0.717, 1.165) is 77.0 Å². The third kappa shape index (κ3) is 43.4. The number of ether oxygens (including phenoxy) is 1. The van der Waals surface area contributed by atoms with Crippen LogP contribution in [0.3, 0.4) is 0 Å². The highest BCUT2D eigenvalue weighted by molar-refractivity contribution is 5.76.